The van der Waals surface area contributed by atoms with Gasteiger partial charge in [-0.15, -0.1) is 11.3 Å². The molecular weight excluding hydrogens is 381 g/mol. The quantitative estimate of drug-likeness (QED) is 0.753. The smallest absolute Gasteiger partial charge is 0.261 e. The van der Waals surface area contributed by atoms with Crippen molar-refractivity contribution in [2.24, 2.45) is 0 Å². The highest BCUT2D eigenvalue weighted by Gasteiger charge is 2.24. The van der Waals surface area contributed by atoms with Gasteiger partial charge < -0.3 is 15.1 Å². The molecule has 1 aliphatic heterocycles. The van der Waals surface area contributed by atoms with E-state index in [-0.39, 0.29) is 23.5 Å². The van der Waals surface area contributed by atoms with Crippen LogP contribution in [0.25, 0.3) is 0 Å². The van der Waals surface area contributed by atoms with Crippen molar-refractivity contribution in [2.45, 2.75) is 12.8 Å². The molecule has 1 aliphatic rings. The summed E-state index contributed by atoms with van der Waals surface area (Å²) in [6.45, 7) is 2.32. The van der Waals surface area contributed by atoms with Crippen LogP contribution in [-0.2, 0) is 4.79 Å². The first kappa shape index (κ1) is 20.0. The van der Waals surface area contributed by atoms with Gasteiger partial charge in [0.1, 0.15) is 5.82 Å². The predicted molar refractivity (Wildman–Crippen MR) is 105 cm³/mol. The normalized spacial score (nSPS) is 14.0. The van der Waals surface area contributed by atoms with Crippen LogP contribution in [0.1, 0.15) is 32.9 Å². The zero-order chi connectivity index (χ0) is 19.9. The van der Waals surface area contributed by atoms with Gasteiger partial charge in [0, 0.05) is 44.7 Å². The molecule has 0 atom stereocenters. The molecular formula is C20H22FN3O3S. The number of rotatable bonds is 6. The number of nitrogens with zero attached hydrogens (tertiary/aromatic N) is 2. The predicted octanol–water partition coefficient (Wildman–Crippen LogP) is 2.38. The molecule has 0 bridgehead atoms. The Morgan fingerprint density at radius 3 is 2.32 bits per heavy atom. The lowest BCUT2D eigenvalue weighted by Crippen LogP contribution is -2.50. The second-order valence-electron chi connectivity index (χ2n) is 6.52. The van der Waals surface area contributed by atoms with Crippen molar-refractivity contribution in [1.29, 1.82) is 0 Å². The van der Waals surface area contributed by atoms with Crippen molar-refractivity contribution >= 4 is 29.1 Å². The number of benzene rings is 1. The molecule has 0 spiro atoms. The maximum Gasteiger partial charge on any atom is 0.261 e. The maximum absolute atomic E-state index is 13.0. The third-order valence-electron chi connectivity index (χ3n) is 4.61. The summed E-state index contributed by atoms with van der Waals surface area (Å²) in [5.74, 6) is -0.614. The summed E-state index contributed by atoms with van der Waals surface area (Å²) in [6.07, 6.45) is 0.932. The van der Waals surface area contributed by atoms with Gasteiger partial charge in [-0.1, -0.05) is 6.07 Å². The summed E-state index contributed by atoms with van der Waals surface area (Å²) in [5.41, 5.74) is 0.447. The van der Waals surface area contributed by atoms with Crippen LogP contribution in [-0.4, -0.2) is 60.2 Å². The second-order valence-corrected chi connectivity index (χ2v) is 7.46. The van der Waals surface area contributed by atoms with E-state index in [1.165, 1.54) is 35.6 Å². The number of amides is 3. The third-order valence-corrected chi connectivity index (χ3v) is 5.48. The standard InChI is InChI=1S/C20H22FN3O3S/c21-16-7-5-15(6-8-16)20(27)24-12-10-23(11-13-24)18(25)4-1-9-22-19(26)17-3-2-14-28-17/h2-3,5-8,14H,1,4,9-13H2,(H,22,26). The molecule has 0 radical (unpaired) electrons. The lowest BCUT2D eigenvalue weighted by Gasteiger charge is -2.35. The number of halogens is 1. The first-order valence-electron chi connectivity index (χ1n) is 9.19. The summed E-state index contributed by atoms with van der Waals surface area (Å²) in [5, 5.41) is 4.65. The Kier molecular flexibility index (Phi) is 6.76. The molecule has 0 saturated carbocycles. The van der Waals surface area contributed by atoms with Crippen LogP contribution < -0.4 is 5.32 Å². The third kappa shape index (κ3) is 5.16. The van der Waals surface area contributed by atoms with Crippen molar-refractivity contribution in [3.63, 3.8) is 0 Å². The Bertz CT molecular complexity index is 816. The molecule has 2 heterocycles. The van der Waals surface area contributed by atoms with Crippen LogP contribution in [0.3, 0.4) is 0 Å². The lowest BCUT2D eigenvalue weighted by molar-refractivity contribution is -0.132. The molecule has 28 heavy (non-hydrogen) atoms. The molecule has 1 fully saturated rings. The van der Waals surface area contributed by atoms with Crippen LogP contribution in [0.15, 0.2) is 41.8 Å². The van der Waals surface area contributed by atoms with Gasteiger partial charge in [0.2, 0.25) is 5.91 Å². The van der Waals surface area contributed by atoms with Gasteiger partial charge in [0.05, 0.1) is 4.88 Å². The first-order valence-corrected chi connectivity index (χ1v) is 10.1. The Labute approximate surface area is 166 Å². The van der Waals surface area contributed by atoms with Crippen molar-refractivity contribution in [3.8, 4) is 0 Å². The average Bonchev–Trinajstić information content (AvgIpc) is 3.26. The molecule has 3 rings (SSSR count). The van der Waals surface area contributed by atoms with Crippen molar-refractivity contribution in [3.05, 3.63) is 58.0 Å². The Morgan fingerprint density at radius 1 is 1.00 bits per heavy atom. The van der Waals surface area contributed by atoms with Crippen molar-refractivity contribution < 1.29 is 18.8 Å². The van der Waals surface area contributed by atoms with Crippen molar-refractivity contribution in [2.75, 3.05) is 32.7 Å². The fourth-order valence-corrected chi connectivity index (χ4v) is 3.67. The molecule has 1 saturated heterocycles. The summed E-state index contributed by atoms with van der Waals surface area (Å²) < 4.78 is 13.0. The van der Waals surface area contributed by atoms with Gasteiger partial charge in [0.15, 0.2) is 0 Å². The van der Waals surface area contributed by atoms with Crippen LogP contribution in [0.4, 0.5) is 4.39 Å². The van der Waals surface area contributed by atoms with Crippen LogP contribution in [0.2, 0.25) is 0 Å². The van der Waals surface area contributed by atoms with Crippen molar-refractivity contribution in [1.82, 2.24) is 15.1 Å². The zero-order valence-corrected chi connectivity index (χ0v) is 16.2. The highest BCUT2D eigenvalue weighted by molar-refractivity contribution is 7.12. The minimum atomic E-state index is -0.376. The summed E-state index contributed by atoms with van der Waals surface area (Å²) >= 11 is 1.38. The number of carbonyl (C=O) groups excluding carboxylic acids is 3. The van der Waals surface area contributed by atoms with Gasteiger partial charge >= 0.3 is 0 Å². The van der Waals surface area contributed by atoms with Gasteiger partial charge in [0.25, 0.3) is 11.8 Å². The van der Waals surface area contributed by atoms with E-state index in [1.54, 1.807) is 15.9 Å². The molecule has 1 aromatic carbocycles. The molecule has 2 aromatic rings. The van der Waals surface area contributed by atoms with Crippen LogP contribution in [0.5, 0.6) is 0 Å². The molecule has 3 amide bonds. The number of hydrogen-bond donors (Lipinski definition) is 1. The number of hydrogen-bond acceptors (Lipinski definition) is 4. The summed E-state index contributed by atoms with van der Waals surface area (Å²) in [4.78, 5) is 40.7. The highest BCUT2D eigenvalue weighted by Crippen LogP contribution is 2.11. The van der Waals surface area contributed by atoms with E-state index in [9.17, 15) is 18.8 Å². The molecule has 6 nitrogen and oxygen atoms in total. The average molecular weight is 403 g/mol. The van der Waals surface area contributed by atoms with Gasteiger partial charge in [-0.3, -0.25) is 14.4 Å². The van der Waals surface area contributed by atoms with Gasteiger partial charge in [-0.05, 0) is 42.1 Å². The van der Waals surface area contributed by atoms with E-state index in [2.05, 4.69) is 5.32 Å². The SMILES string of the molecule is O=C(NCCCC(=O)N1CCN(C(=O)c2ccc(F)cc2)CC1)c1cccs1. The molecule has 0 aliphatic carbocycles. The number of carbonyl (C=O) groups is 3. The number of piperazine rings is 1. The first-order chi connectivity index (χ1) is 13.5. The monoisotopic (exact) mass is 403 g/mol. The Hall–Kier alpha value is -2.74. The Balaban J connectivity index is 1.37. The summed E-state index contributed by atoms with van der Waals surface area (Å²) in [6, 6.07) is 9.06. The van der Waals surface area contributed by atoms with E-state index in [0.717, 1.165) is 0 Å². The van der Waals surface area contributed by atoms with Gasteiger partial charge in [-0.2, -0.15) is 0 Å². The Morgan fingerprint density at radius 2 is 1.68 bits per heavy atom. The fourth-order valence-electron chi connectivity index (χ4n) is 3.03. The van der Waals surface area contributed by atoms with E-state index in [4.69, 9.17) is 0 Å². The van der Waals surface area contributed by atoms with Crippen LogP contribution >= 0.6 is 11.3 Å². The lowest BCUT2D eigenvalue weighted by atomic mass is 10.1. The molecule has 8 heteroatoms. The van der Waals surface area contributed by atoms with Gasteiger partial charge in [-0.25, -0.2) is 4.39 Å². The molecule has 1 aromatic heterocycles. The van der Waals surface area contributed by atoms with E-state index in [0.29, 0.717) is 56.0 Å². The van der Waals surface area contributed by atoms with E-state index in [1.807, 2.05) is 11.4 Å². The molecule has 0 unspecified atom stereocenters. The topological polar surface area (TPSA) is 69.7 Å². The summed E-state index contributed by atoms with van der Waals surface area (Å²) in [7, 11) is 0. The minimum absolute atomic E-state index is 0.0271. The van der Waals surface area contributed by atoms with E-state index < -0.39 is 0 Å². The maximum atomic E-state index is 13.0. The molecule has 1 N–H and O–H groups in total. The minimum Gasteiger partial charge on any atom is -0.351 e. The largest absolute Gasteiger partial charge is 0.351 e. The zero-order valence-electron chi connectivity index (χ0n) is 15.4. The highest BCUT2D eigenvalue weighted by atomic mass is 32.1. The fraction of sp³-hybridized carbons (Fsp3) is 0.350. The van der Waals surface area contributed by atoms with Crippen LogP contribution in [0, 0.1) is 5.82 Å². The number of thiophene rings is 1. The number of nitrogens with one attached hydrogen (secondary N) is 1. The molecule has 148 valence electrons. The second kappa shape index (κ2) is 9.45. The van der Waals surface area contributed by atoms with E-state index >= 15 is 0 Å².